The lowest BCUT2D eigenvalue weighted by Crippen LogP contribution is -2.62. The third kappa shape index (κ3) is 13.3. The Morgan fingerprint density at radius 2 is 0.714 bits per heavy atom. The standard InChI is InChI=1S/C54H56O9/c1-7-19-41(20-8-1)33-55-39-49-51(59-36-44-25-13-4-14-26-44)52(60-37-45-27-15-5-16-28-45)53(61-38-46-29-17-6-18-30-46)54(63-49)62-40-48-50(58-35-43-23-11-3-12-24-43)47(31-32-56-48)57-34-42-21-9-2-10-22-42/h1-32,47-54H,33-40H2/t47-,48-,49-,50-,51+,52+,53-,54-/m1/s1. The van der Waals surface area contributed by atoms with Gasteiger partial charge in [0.2, 0.25) is 0 Å². The van der Waals surface area contributed by atoms with Gasteiger partial charge in [-0.1, -0.05) is 182 Å². The van der Waals surface area contributed by atoms with E-state index >= 15 is 0 Å². The van der Waals surface area contributed by atoms with E-state index in [9.17, 15) is 0 Å². The smallest absolute Gasteiger partial charge is 0.187 e. The molecule has 0 spiro atoms. The van der Waals surface area contributed by atoms with Crippen molar-refractivity contribution in [3.8, 4) is 0 Å². The number of ether oxygens (including phenoxy) is 9. The summed E-state index contributed by atoms with van der Waals surface area (Å²) in [5.74, 6) is 0. The zero-order chi connectivity index (χ0) is 42.7. The van der Waals surface area contributed by atoms with Crippen LogP contribution in [0, 0.1) is 0 Å². The Bertz CT molecular complexity index is 2180. The van der Waals surface area contributed by atoms with Crippen LogP contribution in [0.25, 0.3) is 0 Å². The highest BCUT2D eigenvalue weighted by molar-refractivity contribution is 5.18. The molecule has 0 aliphatic carbocycles. The number of hydrogen-bond donors (Lipinski definition) is 0. The first kappa shape index (κ1) is 44.2. The van der Waals surface area contributed by atoms with Gasteiger partial charge in [0, 0.05) is 0 Å². The van der Waals surface area contributed by atoms with Crippen LogP contribution in [-0.2, 0) is 82.3 Å². The number of rotatable bonds is 22. The summed E-state index contributed by atoms with van der Waals surface area (Å²) in [7, 11) is 0. The van der Waals surface area contributed by atoms with Crippen molar-refractivity contribution in [2.45, 2.75) is 88.7 Å². The van der Waals surface area contributed by atoms with Crippen LogP contribution in [0.2, 0.25) is 0 Å². The maximum Gasteiger partial charge on any atom is 0.187 e. The largest absolute Gasteiger partial charge is 0.493 e. The maximum atomic E-state index is 6.97. The molecular formula is C54H56O9. The van der Waals surface area contributed by atoms with Crippen LogP contribution in [0.15, 0.2) is 194 Å². The minimum Gasteiger partial charge on any atom is -0.493 e. The van der Waals surface area contributed by atoms with E-state index in [2.05, 4.69) is 0 Å². The predicted molar refractivity (Wildman–Crippen MR) is 240 cm³/mol. The number of benzene rings is 6. The third-order valence-corrected chi connectivity index (χ3v) is 11.0. The summed E-state index contributed by atoms with van der Waals surface area (Å²) in [4.78, 5) is 0. The molecular weight excluding hydrogens is 793 g/mol. The second-order valence-corrected chi connectivity index (χ2v) is 15.7. The summed E-state index contributed by atoms with van der Waals surface area (Å²) in [6, 6.07) is 60.6. The van der Waals surface area contributed by atoms with Gasteiger partial charge in [-0.05, 0) is 39.5 Å². The lowest BCUT2D eigenvalue weighted by molar-refractivity contribution is -0.332. The van der Waals surface area contributed by atoms with Gasteiger partial charge in [0.25, 0.3) is 0 Å². The van der Waals surface area contributed by atoms with Crippen LogP contribution in [0.5, 0.6) is 0 Å². The van der Waals surface area contributed by atoms with Crippen molar-refractivity contribution in [3.05, 3.63) is 228 Å². The lowest BCUT2D eigenvalue weighted by atomic mass is 9.97. The van der Waals surface area contributed by atoms with E-state index in [1.807, 2.05) is 188 Å². The van der Waals surface area contributed by atoms with Crippen molar-refractivity contribution < 1.29 is 42.6 Å². The molecule has 0 aromatic heterocycles. The Balaban J connectivity index is 1.08. The molecule has 2 aliphatic heterocycles. The molecule has 1 saturated heterocycles. The summed E-state index contributed by atoms with van der Waals surface area (Å²) in [6.45, 7) is 2.43. The van der Waals surface area contributed by atoms with Crippen LogP contribution in [-0.4, -0.2) is 62.2 Å². The van der Waals surface area contributed by atoms with Gasteiger partial charge >= 0.3 is 0 Å². The Kier molecular flexibility index (Phi) is 16.7. The van der Waals surface area contributed by atoms with Crippen LogP contribution >= 0.6 is 0 Å². The highest BCUT2D eigenvalue weighted by Crippen LogP contribution is 2.33. The monoisotopic (exact) mass is 848 g/mol. The molecule has 0 bridgehead atoms. The fourth-order valence-corrected chi connectivity index (χ4v) is 7.71. The summed E-state index contributed by atoms with van der Waals surface area (Å²) >= 11 is 0. The lowest BCUT2D eigenvalue weighted by Gasteiger charge is -2.46. The van der Waals surface area contributed by atoms with E-state index < -0.39 is 49.0 Å². The second-order valence-electron chi connectivity index (χ2n) is 15.7. The molecule has 0 radical (unpaired) electrons. The molecule has 1 fully saturated rings. The first-order valence-electron chi connectivity index (χ1n) is 21.7. The molecule has 0 unspecified atom stereocenters. The van der Waals surface area contributed by atoms with Crippen molar-refractivity contribution >= 4 is 0 Å². The Hall–Kier alpha value is -5.46. The molecule has 6 aromatic carbocycles. The van der Waals surface area contributed by atoms with Gasteiger partial charge in [-0.3, -0.25) is 0 Å². The van der Waals surface area contributed by atoms with E-state index in [0.717, 1.165) is 33.4 Å². The fourth-order valence-electron chi connectivity index (χ4n) is 7.71. The first-order chi connectivity index (χ1) is 31.2. The highest BCUT2D eigenvalue weighted by atomic mass is 16.7. The van der Waals surface area contributed by atoms with Crippen LogP contribution in [0.1, 0.15) is 33.4 Å². The third-order valence-electron chi connectivity index (χ3n) is 11.0. The van der Waals surface area contributed by atoms with Crippen LogP contribution in [0.3, 0.4) is 0 Å². The quantitative estimate of drug-likeness (QED) is 0.0664. The minimum absolute atomic E-state index is 0.101. The topological polar surface area (TPSA) is 83.1 Å². The van der Waals surface area contributed by atoms with E-state index in [4.69, 9.17) is 42.6 Å². The molecule has 0 saturated carbocycles. The molecule has 9 heteroatoms. The van der Waals surface area contributed by atoms with Gasteiger partial charge in [0.1, 0.15) is 36.6 Å². The molecule has 6 aromatic rings. The van der Waals surface area contributed by atoms with E-state index in [0.29, 0.717) is 39.6 Å². The normalized spacial score (nSPS) is 23.2. The predicted octanol–water partition coefficient (Wildman–Crippen LogP) is 9.78. The molecule has 63 heavy (non-hydrogen) atoms. The van der Waals surface area contributed by atoms with Gasteiger partial charge in [-0.25, -0.2) is 0 Å². The van der Waals surface area contributed by atoms with E-state index in [-0.39, 0.29) is 13.2 Å². The summed E-state index contributed by atoms with van der Waals surface area (Å²) < 4.78 is 60.4. The zero-order valence-corrected chi connectivity index (χ0v) is 35.4. The molecule has 2 heterocycles. The summed E-state index contributed by atoms with van der Waals surface area (Å²) in [5.41, 5.74) is 6.20. The van der Waals surface area contributed by atoms with Gasteiger partial charge in [0.05, 0.1) is 59.1 Å². The minimum atomic E-state index is -0.913. The van der Waals surface area contributed by atoms with Gasteiger partial charge in [-0.15, -0.1) is 0 Å². The van der Waals surface area contributed by atoms with Crippen molar-refractivity contribution in [1.82, 2.24) is 0 Å². The molecule has 8 atom stereocenters. The average molecular weight is 849 g/mol. The van der Waals surface area contributed by atoms with Gasteiger partial charge in [0.15, 0.2) is 12.4 Å². The van der Waals surface area contributed by atoms with Crippen molar-refractivity contribution in [2.75, 3.05) is 13.2 Å². The fraction of sp³-hybridized carbons (Fsp3) is 0.296. The first-order valence-corrected chi connectivity index (χ1v) is 21.7. The van der Waals surface area contributed by atoms with Crippen molar-refractivity contribution in [1.29, 1.82) is 0 Å². The SMILES string of the molecule is C1=C[C@@H](OCc2ccccc2)[C@@H](OCc2ccccc2)[C@@H](CO[C@@H]2O[C@H](COCc3ccccc3)[C@H](OCc3ccccc3)[C@H](OCc3ccccc3)[C@H]2OCc2ccccc2)O1. The maximum absolute atomic E-state index is 6.97. The zero-order valence-electron chi connectivity index (χ0n) is 35.4. The second kappa shape index (κ2) is 23.8. The Morgan fingerprint density at radius 3 is 1.17 bits per heavy atom. The van der Waals surface area contributed by atoms with Gasteiger partial charge < -0.3 is 42.6 Å². The van der Waals surface area contributed by atoms with Crippen molar-refractivity contribution in [2.24, 2.45) is 0 Å². The summed E-state index contributed by atoms with van der Waals surface area (Å²) in [5, 5.41) is 0. The molecule has 9 nitrogen and oxygen atoms in total. The molecule has 8 rings (SSSR count). The summed E-state index contributed by atoms with van der Waals surface area (Å²) in [6.07, 6.45) is -1.37. The van der Waals surface area contributed by atoms with E-state index in [1.165, 1.54) is 0 Å². The molecule has 326 valence electrons. The van der Waals surface area contributed by atoms with Crippen molar-refractivity contribution in [3.63, 3.8) is 0 Å². The Labute approximate surface area is 371 Å². The average Bonchev–Trinajstić information content (AvgIpc) is 3.35. The Morgan fingerprint density at radius 1 is 0.333 bits per heavy atom. The van der Waals surface area contributed by atoms with Gasteiger partial charge in [-0.2, -0.15) is 0 Å². The number of hydrogen-bond acceptors (Lipinski definition) is 9. The molecule has 0 N–H and O–H groups in total. The highest BCUT2D eigenvalue weighted by Gasteiger charge is 2.50. The van der Waals surface area contributed by atoms with E-state index in [1.54, 1.807) is 6.26 Å². The van der Waals surface area contributed by atoms with Crippen LogP contribution in [0.4, 0.5) is 0 Å². The molecule has 0 amide bonds. The van der Waals surface area contributed by atoms with Crippen LogP contribution < -0.4 is 0 Å². The molecule has 2 aliphatic rings.